The average Bonchev–Trinajstić information content (AvgIpc) is 2.84. The minimum absolute atomic E-state index is 0.00269. The van der Waals surface area contributed by atoms with Gasteiger partial charge in [-0.15, -0.1) is 0 Å². The molecule has 0 spiro atoms. The molecule has 37 heavy (non-hydrogen) atoms. The van der Waals surface area contributed by atoms with E-state index in [1.165, 1.54) is 43.8 Å². The average molecular weight is 609 g/mol. The SMILES string of the molecule is COc1cc(NS(=O)(=O)c2ccc(NC(=S)NC(=O)c3cc(Br)ccc3OCCC(C)C)cc2)ncn1. The molecule has 0 aliphatic rings. The minimum Gasteiger partial charge on any atom is -0.493 e. The molecule has 0 unspecified atom stereocenters. The van der Waals surface area contributed by atoms with Crippen LogP contribution in [0.15, 0.2) is 64.2 Å². The molecule has 1 heterocycles. The number of rotatable bonds is 10. The van der Waals surface area contributed by atoms with Crippen LogP contribution in [0.1, 0.15) is 30.6 Å². The molecule has 196 valence electrons. The molecule has 0 radical (unpaired) electrons. The molecule has 1 amide bonds. The van der Waals surface area contributed by atoms with E-state index in [0.717, 1.165) is 10.9 Å². The molecular weight excluding hydrogens is 582 g/mol. The van der Waals surface area contributed by atoms with Crippen LogP contribution in [-0.4, -0.2) is 43.1 Å². The standard InChI is InChI=1S/C24H26BrN5O5S2/c1-15(2)10-11-35-20-9-4-16(25)12-19(20)23(31)29-24(36)28-17-5-7-18(8-6-17)37(32,33)30-21-13-22(34-3)27-14-26-21/h4-9,12-15H,10-11H2,1-3H3,(H,26,27,30)(H2,28,29,31,36). The molecule has 0 saturated heterocycles. The fourth-order valence-corrected chi connectivity index (χ4v) is 4.53. The lowest BCUT2D eigenvalue weighted by atomic mass is 10.1. The van der Waals surface area contributed by atoms with Gasteiger partial charge in [-0.25, -0.2) is 18.4 Å². The number of halogens is 1. The van der Waals surface area contributed by atoms with Crippen molar-refractivity contribution in [3.63, 3.8) is 0 Å². The van der Waals surface area contributed by atoms with Gasteiger partial charge in [0, 0.05) is 16.2 Å². The first-order valence-corrected chi connectivity index (χ1v) is 13.8. The number of carbonyl (C=O) groups is 1. The Labute approximate surface area is 229 Å². The van der Waals surface area contributed by atoms with Crippen LogP contribution in [0.3, 0.4) is 0 Å². The zero-order valence-corrected chi connectivity index (χ0v) is 23.5. The Morgan fingerprint density at radius 2 is 1.84 bits per heavy atom. The van der Waals surface area contributed by atoms with Crippen molar-refractivity contribution in [2.75, 3.05) is 23.8 Å². The predicted molar refractivity (Wildman–Crippen MR) is 149 cm³/mol. The summed E-state index contributed by atoms with van der Waals surface area (Å²) in [7, 11) is -2.49. The molecular formula is C24H26BrN5O5S2. The number of hydrogen-bond acceptors (Lipinski definition) is 8. The number of benzene rings is 2. The van der Waals surface area contributed by atoms with Crippen LogP contribution in [0.4, 0.5) is 11.5 Å². The van der Waals surface area contributed by atoms with Gasteiger partial charge in [-0.2, -0.15) is 0 Å². The van der Waals surface area contributed by atoms with Gasteiger partial charge < -0.3 is 14.8 Å². The lowest BCUT2D eigenvalue weighted by molar-refractivity contribution is 0.0973. The number of ether oxygens (including phenoxy) is 2. The van der Waals surface area contributed by atoms with Crippen molar-refractivity contribution < 1.29 is 22.7 Å². The normalized spacial score (nSPS) is 11.1. The number of anilines is 2. The van der Waals surface area contributed by atoms with Crippen LogP contribution in [0.5, 0.6) is 11.6 Å². The minimum atomic E-state index is -3.91. The van der Waals surface area contributed by atoms with Crippen molar-refractivity contribution in [3.05, 3.63) is 64.9 Å². The second-order valence-corrected chi connectivity index (χ2v) is 11.2. The summed E-state index contributed by atoms with van der Waals surface area (Å²) < 4.78 is 39.2. The van der Waals surface area contributed by atoms with Crippen LogP contribution in [0, 0.1) is 5.92 Å². The van der Waals surface area contributed by atoms with Gasteiger partial charge in [-0.05, 0) is 67.0 Å². The topological polar surface area (TPSA) is 132 Å². The maximum absolute atomic E-state index is 12.9. The van der Waals surface area contributed by atoms with E-state index >= 15 is 0 Å². The van der Waals surface area contributed by atoms with Gasteiger partial charge in [-0.1, -0.05) is 29.8 Å². The first-order valence-electron chi connectivity index (χ1n) is 11.1. The first kappa shape index (κ1) is 28.3. The van der Waals surface area contributed by atoms with Crippen LogP contribution < -0.4 is 24.8 Å². The summed E-state index contributed by atoms with van der Waals surface area (Å²) in [5.74, 6) is 0.768. The van der Waals surface area contributed by atoms with Crippen molar-refractivity contribution in [2.24, 2.45) is 5.92 Å². The molecule has 0 atom stereocenters. The van der Waals surface area contributed by atoms with E-state index in [2.05, 4.69) is 55.1 Å². The molecule has 2 aromatic carbocycles. The Bertz CT molecular complexity index is 1370. The fraction of sp³-hybridized carbons (Fsp3) is 0.250. The second kappa shape index (κ2) is 12.8. The van der Waals surface area contributed by atoms with E-state index in [0.29, 0.717) is 29.5 Å². The van der Waals surface area contributed by atoms with Gasteiger partial charge in [0.1, 0.15) is 17.9 Å². The van der Waals surface area contributed by atoms with Gasteiger partial charge in [0.2, 0.25) is 5.88 Å². The lowest BCUT2D eigenvalue weighted by Crippen LogP contribution is -2.34. The number of thiocarbonyl (C=S) groups is 1. The number of amides is 1. The fourth-order valence-electron chi connectivity index (χ4n) is 2.96. The second-order valence-electron chi connectivity index (χ2n) is 8.16. The van der Waals surface area contributed by atoms with Crippen LogP contribution in [-0.2, 0) is 10.0 Å². The lowest BCUT2D eigenvalue weighted by Gasteiger charge is -2.14. The number of carbonyl (C=O) groups excluding carboxylic acids is 1. The van der Waals surface area contributed by atoms with E-state index in [-0.39, 0.29) is 21.7 Å². The first-order chi connectivity index (χ1) is 17.6. The molecule has 10 nitrogen and oxygen atoms in total. The smallest absolute Gasteiger partial charge is 0.263 e. The summed E-state index contributed by atoms with van der Waals surface area (Å²) in [5.41, 5.74) is 0.812. The van der Waals surface area contributed by atoms with E-state index in [4.69, 9.17) is 21.7 Å². The monoisotopic (exact) mass is 607 g/mol. The highest BCUT2D eigenvalue weighted by Crippen LogP contribution is 2.24. The van der Waals surface area contributed by atoms with Crippen LogP contribution in [0.25, 0.3) is 0 Å². The Morgan fingerprint density at radius 3 is 2.51 bits per heavy atom. The van der Waals surface area contributed by atoms with Crippen LogP contribution in [0.2, 0.25) is 0 Å². The van der Waals surface area contributed by atoms with E-state index in [9.17, 15) is 13.2 Å². The van der Waals surface area contributed by atoms with E-state index < -0.39 is 15.9 Å². The van der Waals surface area contributed by atoms with Gasteiger partial charge in [0.25, 0.3) is 15.9 Å². The van der Waals surface area contributed by atoms with Gasteiger partial charge in [-0.3, -0.25) is 14.8 Å². The molecule has 13 heteroatoms. The summed E-state index contributed by atoms with van der Waals surface area (Å²) in [6.45, 7) is 4.67. The highest BCUT2D eigenvalue weighted by molar-refractivity contribution is 9.10. The highest BCUT2D eigenvalue weighted by atomic mass is 79.9. The zero-order chi connectivity index (χ0) is 27.0. The molecule has 0 bridgehead atoms. The van der Waals surface area contributed by atoms with Crippen LogP contribution >= 0.6 is 28.1 Å². The molecule has 3 aromatic rings. The summed E-state index contributed by atoms with van der Waals surface area (Å²) in [5, 5.41) is 5.54. The Morgan fingerprint density at radius 1 is 1.11 bits per heavy atom. The summed E-state index contributed by atoms with van der Waals surface area (Å²) in [4.78, 5) is 20.6. The number of sulfonamides is 1. The quantitative estimate of drug-likeness (QED) is 0.283. The van der Waals surface area contributed by atoms with Crippen molar-refractivity contribution >= 4 is 60.7 Å². The molecule has 1 aromatic heterocycles. The predicted octanol–water partition coefficient (Wildman–Crippen LogP) is 4.60. The number of hydrogen-bond donors (Lipinski definition) is 3. The third-order valence-electron chi connectivity index (χ3n) is 4.88. The zero-order valence-electron chi connectivity index (χ0n) is 20.3. The Balaban J connectivity index is 1.63. The molecule has 0 fully saturated rings. The van der Waals surface area contributed by atoms with E-state index in [1.807, 2.05) is 0 Å². The number of nitrogens with one attached hydrogen (secondary N) is 3. The van der Waals surface area contributed by atoms with Crippen molar-refractivity contribution in [1.29, 1.82) is 0 Å². The van der Waals surface area contributed by atoms with Crippen molar-refractivity contribution in [2.45, 2.75) is 25.2 Å². The Kier molecular flexibility index (Phi) is 9.78. The summed E-state index contributed by atoms with van der Waals surface area (Å²) in [6.07, 6.45) is 2.04. The van der Waals surface area contributed by atoms with Gasteiger partial charge >= 0.3 is 0 Å². The highest BCUT2D eigenvalue weighted by Gasteiger charge is 2.17. The number of aromatic nitrogens is 2. The number of methoxy groups -OCH3 is 1. The maximum Gasteiger partial charge on any atom is 0.263 e. The van der Waals surface area contributed by atoms with Crippen molar-refractivity contribution in [1.82, 2.24) is 15.3 Å². The van der Waals surface area contributed by atoms with Gasteiger partial charge in [0.15, 0.2) is 5.11 Å². The van der Waals surface area contributed by atoms with E-state index in [1.54, 1.807) is 18.2 Å². The molecule has 0 aliphatic heterocycles. The summed E-state index contributed by atoms with van der Waals surface area (Å²) in [6, 6.07) is 12.4. The van der Waals surface area contributed by atoms with Crippen molar-refractivity contribution in [3.8, 4) is 11.6 Å². The molecule has 0 aliphatic carbocycles. The molecule has 0 saturated carbocycles. The van der Waals surface area contributed by atoms with Gasteiger partial charge in [0.05, 0.1) is 24.2 Å². The third kappa shape index (κ3) is 8.37. The largest absolute Gasteiger partial charge is 0.493 e. The molecule has 3 rings (SSSR count). The third-order valence-corrected chi connectivity index (χ3v) is 6.95. The number of nitrogens with zero attached hydrogens (tertiary/aromatic N) is 2. The maximum atomic E-state index is 12.9. The summed E-state index contributed by atoms with van der Waals surface area (Å²) >= 11 is 8.65. The molecule has 3 N–H and O–H groups in total. The Hall–Kier alpha value is -3.29.